The lowest BCUT2D eigenvalue weighted by Crippen LogP contribution is -1.90. The highest BCUT2D eigenvalue weighted by molar-refractivity contribution is 7.18. The molecule has 0 N–H and O–H groups in total. The molecule has 2 aromatic carbocycles. The fourth-order valence-corrected chi connectivity index (χ4v) is 4.23. The van der Waals surface area contributed by atoms with Crippen LogP contribution in [0.4, 0.5) is 0 Å². The first kappa shape index (κ1) is 16.6. The third kappa shape index (κ3) is 2.94. The van der Waals surface area contributed by atoms with E-state index in [9.17, 15) is 0 Å². The molecular formula is C20H10Cl2N4S. The molecule has 130 valence electrons. The van der Waals surface area contributed by atoms with Gasteiger partial charge in [-0.15, -0.1) is 11.3 Å². The van der Waals surface area contributed by atoms with Gasteiger partial charge in [-0.3, -0.25) is 0 Å². The van der Waals surface area contributed by atoms with Crippen LogP contribution in [0.2, 0.25) is 10.3 Å². The molecule has 0 aliphatic heterocycles. The molecule has 0 aliphatic rings. The second-order valence-electron chi connectivity index (χ2n) is 5.87. The molecular weight excluding hydrogens is 399 g/mol. The van der Waals surface area contributed by atoms with E-state index in [4.69, 9.17) is 23.2 Å². The van der Waals surface area contributed by atoms with E-state index >= 15 is 0 Å². The van der Waals surface area contributed by atoms with Crippen molar-refractivity contribution in [2.75, 3.05) is 0 Å². The summed E-state index contributed by atoms with van der Waals surface area (Å²) in [6, 6.07) is 19.3. The molecule has 0 saturated carbocycles. The average molecular weight is 409 g/mol. The van der Waals surface area contributed by atoms with Gasteiger partial charge in [-0.05, 0) is 36.4 Å². The van der Waals surface area contributed by atoms with E-state index < -0.39 is 0 Å². The van der Waals surface area contributed by atoms with Crippen LogP contribution in [-0.2, 0) is 0 Å². The third-order valence-electron chi connectivity index (χ3n) is 4.16. The van der Waals surface area contributed by atoms with E-state index in [0.29, 0.717) is 22.0 Å². The Morgan fingerprint density at radius 1 is 0.556 bits per heavy atom. The topological polar surface area (TPSA) is 51.6 Å². The van der Waals surface area contributed by atoms with Crippen molar-refractivity contribution in [1.82, 2.24) is 19.9 Å². The highest BCUT2D eigenvalue weighted by Gasteiger charge is 2.13. The molecule has 0 fully saturated rings. The maximum Gasteiger partial charge on any atom is 0.171 e. The van der Waals surface area contributed by atoms with Gasteiger partial charge in [0.05, 0.1) is 20.8 Å². The summed E-state index contributed by atoms with van der Waals surface area (Å²) in [6.07, 6.45) is 0. The summed E-state index contributed by atoms with van der Waals surface area (Å²) in [5.74, 6) is 1.17. The van der Waals surface area contributed by atoms with Crippen molar-refractivity contribution in [2.45, 2.75) is 0 Å². The number of hydrogen-bond acceptors (Lipinski definition) is 5. The first-order chi connectivity index (χ1) is 13.2. The number of hydrogen-bond donors (Lipinski definition) is 0. The fraction of sp³-hybridized carbons (Fsp3) is 0. The molecule has 27 heavy (non-hydrogen) atoms. The van der Waals surface area contributed by atoms with Crippen LogP contribution in [0.1, 0.15) is 0 Å². The Bertz CT molecular complexity index is 1220. The second kappa shape index (κ2) is 6.53. The van der Waals surface area contributed by atoms with Crippen molar-refractivity contribution in [3.63, 3.8) is 0 Å². The highest BCUT2D eigenvalue weighted by atomic mass is 35.5. The average Bonchev–Trinajstić information content (AvgIpc) is 3.18. The summed E-state index contributed by atoms with van der Waals surface area (Å²) < 4.78 is 0. The number of para-hydroxylation sites is 2. The Balaban J connectivity index is 1.61. The molecule has 3 heterocycles. The molecule has 0 unspecified atom stereocenters. The van der Waals surface area contributed by atoms with Gasteiger partial charge in [0.25, 0.3) is 0 Å². The van der Waals surface area contributed by atoms with Gasteiger partial charge in [0.2, 0.25) is 0 Å². The predicted octanol–water partition coefficient (Wildman–Crippen LogP) is 6.28. The minimum Gasteiger partial charge on any atom is -0.227 e. The quantitative estimate of drug-likeness (QED) is 0.322. The van der Waals surface area contributed by atoms with Crippen LogP contribution >= 0.6 is 34.5 Å². The summed E-state index contributed by atoms with van der Waals surface area (Å²) >= 11 is 14.2. The van der Waals surface area contributed by atoms with Crippen LogP contribution in [0.15, 0.2) is 60.7 Å². The van der Waals surface area contributed by atoms with Gasteiger partial charge in [0.1, 0.15) is 10.3 Å². The van der Waals surface area contributed by atoms with Crippen LogP contribution in [0.3, 0.4) is 0 Å². The Hall–Kier alpha value is -2.60. The Labute approximate surface area is 168 Å². The minimum absolute atomic E-state index is 0.440. The highest BCUT2D eigenvalue weighted by Crippen LogP contribution is 2.34. The van der Waals surface area contributed by atoms with Crippen molar-refractivity contribution >= 4 is 56.3 Å². The lowest BCUT2D eigenvalue weighted by atomic mass is 10.2. The largest absolute Gasteiger partial charge is 0.227 e. The molecule has 0 aliphatic carbocycles. The number of rotatable bonds is 2. The first-order valence-corrected chi connectivity index (χ1v) is 9.71. The molecule has 4 nitrogen and oxygen atoms in total. The van der Waals surface area contributed by atoms with Gasteiger partial charge in [-0.25, -0.2) is 19.9 Å². The standard InChI is InChI=1S/C20H10Cl2N4S/c21-17-11-5-1-3-7-13(11)23-19(25-17)15-9-10-16(27-15)20-24-14-8-4-2-6-12(14)18(22)26-20/h1-10H. The predicted molar refractivity (Wildman–Crippen MR) is 111 cm³/mol. The molecule has 0 atom stereocenters. The van der Waals surface area contributed by atoms with Crippen LogP contribution in [0.5, 0.6) is 0 Å². The molecule has 0 amide bonds. The number of aromatic nitrogens is 4. The number of fused-ring (bicyclic) bond motifs is 2. The molecule has 3 aromatic heterocycles. The van der Waals surface area contributed by atoms with Crippen molar-refractivity contribution in [3.8, 4) is 21.4 Å². The maximum atomic E-state index is 6.33. The van der Waals surface area contributed by atoms with Gasteiger partial charge >= 0.3 is 0 Å². The lowest BCUT2D eigenvalue weighted by molar-refractivity contribution is 1.24. The summed E-state index contributed by atoms with van der Waals surface area (Å²) in [4.78, 5) is 19.9. The van der Waals surface area contributed by atoms with Gasteiger partial charge < -0.3 is 0 Å². The number of halogens is 2. The minimum atomic E-state index is 0.440. The fourth-order valence-electron chi connectivity index (χ4n) is 2.87. The Morgan fingerprint density at radius 3 is 1.48 bits per heavy atom. The zero-order chi connectivity index (χ0) is 18.4. The molecule has 0 radical (unpaired) electrons. The van der Waals surface area contributed by atoms with Crippen LogP contribution in [-0.4, -0.2) is 19.9 Å². The van der Waals surface area contributed by atoms with Crippen LogP contribution < -0.4 is 0 Å². The summed E-state index contributed by atoms with van der Waals surface area (Å²) in [7, 11) is 0. The summed E-state index contributed by atoms with van der Waals surface area (Å²) in [5.41, 5.74) is 1.62. The van der Waals surface area contributed by atoms with Crippen molar-refractivity contribution in [1.29, 1.82) is 0 Å². The zero-order valence-electron chi connectivity index (χ0n) is 13.7. The lowest BCUT2D eigenvalue weighted by Gasteiger charge is -2.03. The third-order valence-corrected chi connectivity index (χ3v) is 5.81. The second-order valence-corrected chi connectivity index (χ2v) is 7.67. The van der Waals surface area contributed by atoms with Crippen LogP contribution in [0, 0.1) is 0 Å². The molecule has 5 rings (SSSR count). The smallest absolute Gasteiger partial charge is 0.171 e. The van der Waals surface area contributed by atoms with Gasteiger partial charge in [-0.1, -0.05) is 47.5 Å². The van der Waals surface area contributed by atoms with E-state index in [-0.39, 0.29) is 0 Å². The monoisotopic (exact) mass is 408 g/mol. The SMILES string of the molecule is Clc1nc(-c2ccc(-c3nc(Cl)c4ccccc4n3)s2)nc2ccccc12. The van der Waals surface area contributed by atoms with Crippen molar-refractivity contribution < 1.29 is 0 Å². The van der Waals surface area contributed by atoms with Crippen LogP contribution in [0.25, 0.3) is 43.2 Å². The van der Waals surface area contributed by atoms with E-state index in [0.717, 1.165) is 31.6 Å². The zero-order valence-corrected chi connectivity index (χ0v) is 16.1. The molecule has 7 heteroatoms. The van der Waals surface area contributed by atoms with Crippen molar-refractivity contribution in [2.24, 2.45) is 0 Å². The van der Waals surface area contributed by atoms with Crippen molar-refractivity contribution in [3.05, 3.63) is 71.0 Å². The maximum absolute atomic E-state index is 6.33. The van der Waals surface area contributed by atoms with E-state index in [2.05, 4.69) is 19.9 Å². The van der Waals surface area contributed by atoms with E-state index in [1.165, 1.54) is 11.3 Å². The number of benzene rings is 2. The summed E-state index contributed by atoms with van der Waals surface area (Å²) in [6.45, 7) is 0. The molecule has 0 spiro atoms. The molecule has 0 saturated heterocycles. The van der Waals surface area contributed by atoms with E-state index in [1.807, 2.05) is 60.7 Å². The van der Waals surface area contributed by atoms with Gasteiger partial charge in [-0.2, -0.15) is 0 Å². The number of nitrogens with zero attached hydrogens (tertiary/aromatic N) is 4. The summed E-state index contributed by atoms with van der Waals surface area (Å²) in [5, 5.41) is 2.56. The normalized spacial score (nSPS) is 11.3. The van der Waals surface area contributed by atoms with Gasteiger partial charge in [0, 0.05) is 10.8 Å². The number of thiophene rings is 1. The Kier molecular flexibility index (Phi) is 4.01. The Morgan fingerprint density at radius 2 is 1.00 bits per heavy atom. The van der Waals surface area contributed by atoms with E-state index in [1.54, 1.807) is 0 Å². The molecule has 0 bridgehead atoms. The van der Waals surface area contributed by atoms with Gasteiger partial charge in [0.15, 0.2) is 11.6 Å². The first-order valence-electron chi connectivity index (χ1n) is 8.14. The molecule has 5 aromatic rings.